The molecular formula is C17H12ClNO5. The smallest absolute Gasteiger partial charge is 0.358 e. The normalized spacial score (nSPS) is 10.6. The van der Waals surface area contributed by atoms with E-state index >= 15 is 0 Å². The number of aromatic hydroxyl groups is 1. The van der Waals surface area contributed by atoms with E-state index in [4.69, 9.17) is 16.3 Å². The van der Waals surface area contributed by atoms with Crippen molar-refractivity contribution in [2.75, 3.05) is 7.11 Å². The van der Waals surface area contributed by atoms with Crippen molar-refractivity contribution in [3.05, 3.63) is 63.5 Å². The Bertz CT molecular complexity index is 979. The van der Waals surface area contributed by atoms with Crippen LogP contribution in [-0.2, 0) is 4.74 Å². The van der Waals surface area contributed by atoms with Crippen LogP contribution in [0.5, 0.6) is 17.2 Å². The van der Waals surface area contributed by atoms with E-state index < -0.39 is 11.5 Å². The van der Waals surface area contributed by atoms with Crippen molar-refractivity contribution >= 4 is 28.3 Å². The second-order valence-electron chi connectivity index (χ2n) is 4.93. The van der Waals surface area contributed by atoms with E-state index in [-0.39, 0.29) is 22.2 Å². The van der Waals surface area contributed by atoms with Crippen molar-refractivity contribution in [3.63, 3.8) is 0 Å². The molecule has 0 radical (unpaired) electrons. The fourth-order valence-electron chi connectivity index (χ4n) is 2.24. The molecule has 122 valence electrons. The third-order valence-electron chi connectivity index (χ3n) is 3.40. The van der Waals surface area contributed by atoms with Crippen molar-refractivity contribution in [2.24, 2.45) is 0 Å². The third-order valence-corrected chi connectivity index (χ3v) is 3.66. The molecule has 0 unspecified atom stereocenters. The van der Waals surface area contributed by atoms with Crippen LogP contribution in [0.2, 0.25) is 5.02 Å². The molecule has 3 rings (SSSR count). The van der Waals surface area contributed by atoms with Crippen LogP contribution in [0.3, 0.4) is 0 Å². The zero-order chi connectivity index (χ0) is 17.3. The van der Waals surface area contributed by atoms with Gasteiger partial charge in [-0.05, 0) is 42.5 Å². The average Bonchev–Trinajstić information content (AvgIpc) is 2.59. The van der Waals surface area contributed by atoms with E-state index in [0.717, 1.165) is 7.11 Å². The Morgan fingerprint density at radius 2 is 1.75 bits per heavy atom. The monoisotopic (exact) mass is 345 g/mol. The first-order valence-electron chi connectivity index (χ1n) is 6.90. The van der Waals surface area contributed by atoms with Crippen LogP contribution >= 0.6 is 11.6 Å². The predicted octanol–water partition coefficient (Wildman–Crippen LogP) is 3.47. The highest BCUT2D eigenvalue weighted by Gasteiger charge is 2.17. The summed E-state index contributed by atoms with van der Waals surface area (Å²) in [5.74, 6) is -0.228. The number of carbonyl (C=O) groups is 1. The highest BCUT2D eigenvalue weighted by atomic mass is 35.5. The van der Waals surface area contributed by atoms with Gasteiger partial charge in [-0.15, -0.1) is 0 Å². The molecule has 6 nitrogen and oxygen atoms in total. The van der Waals surface area contributed by atoms with Crippen molar-refractivity contribution in [3.8, 4) is 17.2 Å². The Balaban J connectivity index is 2.05. The molecule has 1 heterocycles. The van der Waals surface area contributed by atoms with Crippen LogP contribution in [0.25, 0.3) is 10.8 Å². The van der Waals surface area contributed by atoms with Crippen LogP contribution in [0.4, 0.5) is 0 Å². The molecule has 7 heteroatoms. The van der Waals surface area contributed by atoms with Gasteiger partial charge in [0.05, 0.1) is 12.5 Å². The Morgan fingerprint density at radius 1 is 1.08 bits per heavy atom. The van der Waals surface area contributed by atoms with Gasteiger partial charge in [-0.3, -0.25) is 4.79 Å². The molecular weight excluding hydrogens is 334 g/mol. The second-order valence-corrected chi connectivity index (χ2v) is 5.37. The van der Waals surface area contributed by atoms with E-state index in [1.165, 1.54) is 12.1 Å². The summed E-state index contributed by atoms with van der Waals surface area (Å²) < 4.78 is 10.2. The van der Waals surface area contributed by atoms with Gasteiger partial charge in [0.2, 0.25) is 0 Å². The summed E-state index contributed by atoms with van der Waals surface area (Å²) in [4.78, 5) is 26.1. The van der Waals surface area contributed by atoms with Gasteiger partial charge in [-0.25, -0.2) is 4.79 Å². The molecule has 0 spiro atoms. The molecule has 1 aromatic heterocycles. The quantitative estimate of drug-likeness (QED) is 0.709. The van der Waals surface area contributed by atoms with E-state index in [9.17, 15) is 14.7 Å². The fraction of sp³-hybridized carbons (Fsp3) is 0.0588. The Morgan fingerprint density at radius 3 is 2.42 bits per heavy atom. The van der Waals surface area contributed by atoms with E-state index in [1.54, 1.807) is 30.3 Å². The molecule has 2 N–H and O–H groups in total. The first kappa shape index (κ1) is 15.9. The maximum atomic E-state index is 12.2. The van der Waals surface area contributed by atoms with E-state index in [1.807, 2.05) is 0 Å². The molecule has 0 aliphatic carbocycles. The molecule has 0 aliphatic rings. The molecule has 2 aromatic carbocycles. The number of hydrogen-bond donors (Lipinski definition) is 2. The average molecular weight is 346 g/mol. The number of rotatable bonds is 3. The minimum absolute atomic E-state index is 0.187. The van der Waals surface area contributed by atoms with Gasteiger partial charge < -0.3 is 19.6 Å². The minimum Gasteiger partial charge on any atom is -0.505 e. The summed E-state index contributed by atoms with van der Waals surface area (Å²) in [6.07, 6.45) is 0. The summed E-state index contributed by atoms with van der Waals surface area (Å²) in [7, 11) is 1.16. The lowest BCUT2D eigenvalue weighted by molar-refractivity contribution is 0.0590. The van der Waals surface area contributed by atoms with Crippen molar-refractivity contribution in [1.29, 1.82) is 0 Å². The highest BCUT2D eigenvalue weighted by Crippen LogP contribution is 2.30. The number of aromatic amines is 1. The minimum atomic E-state index is -0.826. The highest BCUT2D eigenvalue weighted by molar-refractivity contribution is 6.30. The van der Waals surface area contributed by atoms with Crippen LogP contribution < -0.4 is 10.3 Å². The lowest BCUT2D eigenvalue weighted by Gasteiger charge is -2.09. The lowest BCUT2D eigenvalue weighted by atomic mass is 10.1. The number of methoxy groups -OCH3 is 1. The number of H-pyrrole nitrogens is 1. The maximum Gasteiger partial charge on any atom is 0.358 e. The largest absolute Gasteiger partial charge is 0.505 e. The van der Waals surface area contributed by atoms with Gasteiger partial charge in [-0.2, -0.15) is 0 Å². The van der Waals surface area contributed by atoms with Crippen molar-refractivity contribution in [2.45, 2.75) is 0 Å². The standard InChI is InChI=1S/C17H12ClNO5/c1-23-17(22)14-15(20)12-7-6-11(8-13(12)16(21)19-14)24-10-4-2-9(18)3-5-10/h2-8,20H,1H3,(H,19,21). The Kier molecular flexibility index (Phi) is 4.14. The number of carbonyl (C=O) groups excluding carboxylic acids is 1. The van der Waals surface area contributed by atoms with E-state index in [0.29, 0.717) is 16.5 Å². The molecule has 0 amide bonds. The Labute approximate surface area is 141 Å². The number of hydrogen-bond acceptors (Lipinski definition) is 5. The van der Waals surface area contributed by atoms with Gasteiger partial charge in [0.1, 0.15) is 11.5 Å². The number of esters is 1. The molecule has 0 aliphatic heterocycles. The van der Waals surface area contributed by atoms with Gasteiger partial charge >= 0.3 is 5.97 Å². The van der Waals surface area contributed by atoms with Crippen molar-refractivity contribution in [1.82, 2.24) is 4.98 Å². The zero-order valence-corrected chi connectivity index (χ0v) is 13.3. The summed E-state index contributed by atoms with van der Waals surface area (Å²) in [5.41, 5.74) is -0.828. The van der Waals surface area contributed by atoms with Crippen LogP contribution in [0.15, 0.2) is 47.3 Å². The van der Waals surface area contributed by atoms with Crippen molar-refractivity contribution < 1.29 is 19.4 Å². The van der Waals surface area contributed by atoms with E-state index in [2.05, 4.69) is 9.72 Å². The number of halogens is 1. The molecule has 0 saturated carbocycles. The molecule has 0 fully saturated rings. The topological polar surface area (TPSA) is 88.6 Å². The number of fused-ring (bicyclic) bond motifs is 1. The second kappa shape index (κ2) is 6.25. The first-order valence-corrected chi connectivity index (χ1v) is 7.28. The number of ether oxygens (including phenoxy) is 2. The molecule has 0 atom stereocenters. The molecule has 24 heavy (non-hydrogen) atoms. The fourth-order valence-corrected chi connectivity index (χ4v) is 2.37. The summed E-state index contributed by atoms with van der Waals surface area (Å²) >= 11 is 5.82. The number of nitrogens with one attached hydrogen (secondary N) is 1. The zero-order valence-electron chi connectivity index (χ0n) is 12.5. The summed E-state index contributed by atoms with van der Waals surface area (Å²) in [6, 6.07) is 11.3. The van der Waals surface area contributed by atoms with Gasteiger partial charge in [0.25, 0.3) is 5.56 Å². The van der Waals surface area contributed by atoms with Crippen LogP contribution in [0, 0.1) is 0 Å². The van der Waals surface area contributed by atoms with Gasteiger partial charge in [-0.1, -0.05) is 11.6 Å². The number of pyridine rings is 1. The summed E-state index contributed by atoms with van der Waals surface area (Å²) in [5, 5.41) is 11.2. The number of aromatic nitrogens is 1. The number of benzene rings is 2. The Hall–Kier alpha value is -2.99. The lowest BCUT2D eigenvalue weighted by Crippen LogP contribution is -2.14. The first-order chi connectivity index (χ1) is 11.5. The van der Waals surface area contributed by atoms with Gasteiger partial charge in [0.15, 0.2) is 11.4 Å². The predicted molar refractivity (Wildman–Crippen MR) is 89.1 cm³/mol. The van der Waals surface area contributed by atoms with Gasteiger partial charge in [0, 0.05) is 10.4 Å². The van der Waals surface area contributed by atoms with Crippen LogP contribution in [0.1, 0.15) is 10.5 Å². The molecule has 3 aromatic rings. The molecule has 0 saturated heterocycles. The SMILES string of the molecule is COC(=O)c1[nH]c(=O)c2cc(Oc3ccc(Cl)cc3)ccc2c1O. The summed E-state index contributed by atoms with van der Waals surface area (Å²) in [6.45, 7) is 0. The molecule has 0 bridgehead atoms. The van der Waals surface area contributed by atoms with Crippen LogP contribution in [-0.4, -0.2) is 23.2 Å². The maximum absolute atomic E-state index is 12.2. The third kappa shape index (κ3) is 2.91.